The molecule has 0 spiro atoms. The van der Waals surface area contributed by atoms with Gasteiger partial charge in [-0.05, 0) is 35.9 Å². The SMILES string of the molecule is CNC(=O)c1ccc(N)c(NCc2ccc(Br)cc2)c1. The number of halogens is 1. The molecule has 0 saturated heterocycles. The van der Waals surface area contributed by atoms with E-state index in [2.05, 4.69) is 26.6 Å². The summed E-state index contributed by atoms with van der Waals surface area (Å²) in [7, 11) is 1.60. The van der Waals surface area contributed by atoms with Crippen LogP contribution in [0.5, 0.6) is 0 Å². The lowest BCUT2D eigenvalue weighted by Crippen LogP contribution is -2.18. The van der Waals surface area contributed by atoms with Gasteiger partial charge in [0.2, 0.25) is 0 Å². The first-order valence-corrected chi connectivity index (χ1v) is 6.99. The van der Waals surface area contributed by atoms with E-state index >= 15 is 0 Å². The van der Waals surface area contributed by atoms with Crippen LogP contribution in [0.4, 0.5) is 11.4 Å². The van der Waals surface area contributed by atoms with Gasteiger partial charge >= 0.3 is 0 Å². The van der Waals surface area contributed by atoms with Crippen LogP contribution in [-0.4, -0.2) is 13.0 Å². The Morgan fingerprint density at radius 1 is 1.20 bits per heavy atom. The minimum Gasteiger partial charge on any atom is -0.397 e. The lowest BCUT2D eigenvalue weighted by atomic mass is 10.1. The molecule has 0 unspecified atom stereocenters. The Morgan fingerprint density at radius 3 is 2.55 bits per heavy atom. The fourth-order valence-corrected chi connectivity index (χ4v) is 2.06. The predicted molar refractivity (Wildman–Crippen MR) is 85.7 cm³/mol. The molecular weight excluding hydrogens is 318 g/mol. The summed E-state index contributed by atoms with van der Waals surface area (Å²) in [5.41, 5.74) is 9.02. The smallest absolute Gasteiger partial charge is 0.251 e. The van der Waals surface area contributed by atoms with Gasteiger partial charge in [0.25, 0.3) is 5.91 Å². The summed E-state index contributed by atoms with van der Waals surface area (Å²) >= 11 is 3.40. The van der Waals surface area contributed by atoms with Crippen LogP contribution in [-0.2, 0) is 6.54 Å². The van der Waals surface area contributed by atoms with Crippen molar-refractivity contribution in [3.8, 4) is 0 Å². The van der Waals surface area contributed by atoms with Gasteiger partial charge < -0.3 is 16.4 Å². The molecule has 0 atom stereocenters. The van der Waals surface area contributed by atoms with Crippen LogP contribution < -0.4 is 16.4 Å². The number of amides is 1. The molecule has 4 N–H and O–H groups in total. The van der Waals surface area contributed by atoms with Crippen molar-refractivity contribution in [3.05, 3.63) is 58.1 Å². The van der Waals surface area contributed by atoms with Gasteiger partial charge in [0.15, 0.2) is 0 Å². The molecule has 2 aromatic rings. The van der Waals surface area contributed by atoms with Crippen LogP contribution >= 0.6 is 15.9 Å². The number of rotatable bonds is 4. The molecular formula is C15H16BrN3O. The van der Waals surface area contributed by atoms with Gasteiger partial charge in [0, 0.05) is 23.6 Å². The number of hydrogen-bond acceptors (Lipinski definition) is 3. The topological polar surface area (TPSA) is 67.2 Å². The third-order valence-corrected chi connectivity index (χ3v) is 3.47. The van der Waals surface area contributed by atoms with Crippen molar-refractivity contribution in [2.45, 2.75) is 6.54 Å². The van der Waals surface area contributed by atoms with Crippen molar-refractivity contribution < 1.29 is 4.79 Å². The highest BCUT2D eigenvalue weighted by Crippen LogP contribution is 2.21. The van der Waals surface area contributed by atoms with Gasteiger partial charge in [-0.25, -0.2) is 0 Å². The van der Waals surface area contributed by atoms with Crippen molar-refractivity contribution in [1.29, 1.82) is 0 Å². The Morgan fingerprint density at radius 2 is 1.90 bits per heavy atom. The first-order valence-electron chi connectivity index (χ1n) is 6.20. The van der Waals surface area contributed by atoms with E-state index in [1.165, 1.54) is 0 Å². The summed E-state index contributed by atoms with van der Waals surface area (Å²) in [4.78, 5) is 11.6. The summed E-state index contributed by atoms with van der Waals surface area (Å²) in [6, 6.07) is 13.2. The molecule has 0 aliphatic heterocycles. The zero-order valence-corrected chi connectivity index (χ0v) is 12.7. The highest BCUT2D eigenvalue weighted by molar-refractivity contribution is 9.10. The zero-order chi connectivity index (χ0) is 14.5. The van der Waals surface area contributed by atoms with Crippen molar-refractivity contribution in [3.63, 3.8) is 0 Å². The number of benzene rings is 2. The second-order valence-corrected chi connectivity index (χ2v) is 5.28. The first-order chi connectivity index (χ1) is 9.60. The Balaban J connectivity index is 2.12. The zero-order valence-electron chi connectivity index (χ0n) is 11.1. The van der Waals surface area contributed by atoms with E-state index in [-0.39, 0.29) is 5.91 Å². The number of nitrogens with one attached hydrogen (secondary N) is 2. The van der Waals surface area contributed by atoms with Gasteiger partial charge in [-0.3, -0.25) is 4.79 Å². The number of carbonyl (C=O) groups excluding carboxylic acids is 1. The highest BCUT2D eigenvalue weighted by atomic mass is 79.9. The third-order valence-electron chi connectivity index (χ3n) is 2.94. The molecule has 5 heteroatoms. The van der Waals surface area contributed by atoms with Crippen LogP contribution in [0.1, 0.15) is 15.9 Å². The van der Waals surface area contributed by atoms with E-state index < -0.39 is 0 Å². The van der Waals surface area contributed by atoms with Crippen molar-refractivity contribution in [2.75, 3.05) is 18.1 Å². The summed E-state index contributed by atoms with van der Waals surface area (Å²) in [6.45, 7) is 0.647. The van der Waals surface area contributed by atoms with E-state index in [1.54, 1.807) is 25.2 Å². The van der Waals surface area contributed by atoms with Gasteiger partial charge in [0.05, 0.1) is 11.4 Å². The Bertz CT molecular complexity index is 611. The molecule has 0 saturated carbocycles. The second-order valence-electron chi connectivity index (χ2n) is 4.36. The fourth-order valence-electron chi connectivity index (χ4n) is 1.79. The summed E-state index contributed by atoms with van der Waals surface area (Å²) < 4.78 is 1.04. The normalized spacial score (nSPS) is 10.1. The number of carbonyl (C=O) groups is 1. The standard InChI is InChI=1S/C15H16BrN3O/c1-18-15(20)11-4-7-13(17)14(8-11)19-9-10-2-5-12(16)6-3-10/h2-8,19H,9,17H2,1H3,(H,18,20). The maximum absolute atomic E-state index is 11.6. The van der Waals surface area contributed by atoms with Gasteiger partial charge in [-0.1, -0.05) is 28.1 Å². The Hall–Kier alpha value is -2.01. The predicted octanol–water partition coefficient (Wildman–Crippen LogP) is 3.00. The van der Waals surface area contributed by atoms with Crippen LogP contribution in [0.2, 0.25) is 0 Å². The molecule has 20 heavy (non-hydrogen) atoms. The number of hydrogen-bond donors (Lipinski definition) is 3. The first kappa shape index (κ1) is 14.4. The van der Waals surface area contributed by atoms with Crippen LogP contribution in [0.15, 0.2) is 46.9 Å². The van der Waals surface area contributed by atoms with E-state index in [0.717, 1.165) is 15.7 Å². The average molecular weight is 334 g/mol. The van der Waals surface area contributed by atoms with Gasteiger partial charge in [-0.15, -0.1) is 0 Å². The molecule has 104 valence electrons. The number of anilines is 2. The maximum atomic E-state index is 11.6. The van der Waals surface area contributed by atoms with E-state index in [0.29, 0.717) is 17.8 Å². The number of nitrogens with two attached hydrogens (primary N) is 1. The van der Waals surface area contributed by atoms with Crippen LogP contribution in [0.25, 0.3) is 0 Å². The summed E-state index contributed by atoms with van der Waals surface area (Å²) in [5.74, 6) is -0.128. The molecule has 0 aliphatic carbocycles. The molecule has 4 nitrogen and oxygen atoms in total. The molecule has 0 bridgehead atoms. The highest BCUT2D eigenvalue weighted by Gasteiger charge is 2.06. The van der Waals surface area contributed by atoms with Gasteiger partial charge in [-0.2, -0.15) is 0 Å². The lowest BCUT2D eigenvalue weighted by molar-refractivity contribution is 0.0963. The van der Waals surface area contributed by atoms with E-state index in [4.69, 9.17) is 5.73 Å². The van der Waals surface area contributed by atoms with E-state index in [9.17, 15) is 4.79 Å². The Kier molecular flexibility index (Phi) is 4.63. The minimum atomic E-state index is -0.128. The average Bonchev–Trinajstić information content (AvgIpc) is 2.47. The maximum Gasteiger partial charge on any atom is 0.251 e. The molecule has 2 aromatic carbocycles. The lowest BCUT2D eigenvalue weighted by Gasteiger charge is -2.11. The largest absolute Gasteiger partial charge is 0.397 e. The Labute approximate surface area is 126 Å². The monoisotopic (exact) mass is 333 g/mol. The van der Waals surface area contributed by atoms with Gasteiger partial charge in [0.1, 0.15) is 0 Å². The molecule has 0 aromatic heterocycles. The van der Waals surface area contributed by atoms with E-state index in [1.807, 2.05) is 24.3 Å². The fraction of sp³-hybridized carbons (Fsp3) is 0.133. The summed E-state index contributed by atoms with van der Waals surface area (Å²) in [6.07, 6.45) is 0. The van der Waals surface area contributed by atoms with Crippen LogP contribution in [0, 0.1) is 0 Å². The molecule has 1 amide bonds. The molecule has 0 radical (unpaired) electrons. The molecule has 0 heterocycles. The molecule has 0 fully saturated rings. The number of nitrogen functional groups attached to an aromatic ring is 1. The summed E-state index contributed by atoms with van der Waals surface area (Å²) in [5, 5.41) is 5.84. The third kappa shape index (κ3) is 3.51. The van der Waals surface area contributed by atoms with Crippen molar-refractivity contribution in [2.24, 2.45) is 0 Å². The molecule has 0 aliphatic rings. The second kappa shape index (κ2) is 6.43. The van der Waals surface area contributed by atoms with Crippen LogP contribution in [0.3, 0.4) is 0 Å². The minimum absolute atomic E-state index is 0.128. The quantitative estimate of drug-likeness (QED) is 0.753. The van der Waals surface area contributed by atoms with Crippen molar-refractivity contribution in [1.82, 2.24) is 5.32 Å². The molecule has 2 rings (SSSR count). The van der Waals surface area contributed by atoms with Crippen molar-refractivity contribution >= 4 is 33.2 Å².